The van der Waals surface area contributed by atoms with Gasteiger partial charge in [-0.15, -0.1) is 0 Å². The van der Waals surface area contributed by atoms with Crippen LogP contribution in [0.25, 0.3) is 0 Å². The summed E-state index contributed by atoms with van der Waals surface area (Å²) in [6.45, 7) is 7.24. The van der Waals surface area contributed by atoms with Gasteiger partial charge in [-0.1, -0.05) is 43.6 Å². The molecule has 0 saturated heterocycles. The molecule has 2 N–H and O–H groups in total. The van der Waals surface area contributed by atoms with Crippen molar-refractivity contribution in [2.45, 2.75) is 39.8 Å². The van der Waals surface area contributed by atoms with E-state index < -0.39 is 6.04 Å². The average molecular weight is 283 g/mol. The molecule has 0 fully saturated rings. The first-order valence-electron chi connectivity index (χ1n) is 6.73. The lowest BCUT2D eigenvalue weighted by Gasteiger charge is -2.25. The minimum atomic E-state index is -0.428. The topological polar surface area (TPSA) is 46.3 Å². The minimum Gasteiger partial charge on any atom is -0.337 e. The van der Waals surface area contributed by atoms with Gasteiger partial charge in [-0.3, -0.25) is 4.79 Å². The molecule has 19 heavy (non-hydrogen) atoms. The molecule has 0 heterocycles. The Morgan fingerprint density at radius 1 is 1.37 bits per heavy atom. The van der Waals surface area contributed by atoms with Gasteiger partial charge in [0, 0.05) is 18.1 Å². The smallest absolute Gasteiger partial charge is 0.239 e. The second-order valence-corrected chi connectivity index (χ2v) is 5.59. The molecule has 3 nitrogen and oxygen atoms in total. The molecule has 1 aromatic rings. The van der Waals surface area contributed by atoms with Crippen LogP contribution in [-0.4, -0.2) is 23.4 Å². The number of likely N-dealkylation sites (N-methyl/N-ethyl adjacent to an activating group) is 1. The summed E-state index contributed by atoms with van der Waals surface area (Å²) < 4.78 is 0. The summed E-state index contributed by atoms with van der Waals surface area (Å²) >= 11 is 6.12. The zero-order chi connectivity index (χ0) is 14.4. The summed E-state index contributed by atoms with van der Waals surface area (Å²) in [7, 11) is 0. The first-order chi connectivity index (χ1) is 8.95. The number of nitrogens with two attached hydrogens (primary N) is 1. The van der Waals surface area contributed by atoms with E-state index in [4.69, 9.17) is 17.3 Å². The monoisotopic (exact) mass is 282 g/mol. The van der Waals surface area contributed by atoms with Crippen molar-refractivity contribution in [3.63, 3.8) is 0 Å². The lowest BCUT2D eigenvalue weighted by atomic mass is 10.0. The maximum absolute atomic E-state index is 12.3. The van der Waals surface area contributed by atoms with Crippen molar-refractivity contribution in [2.75, 3.05) is 6.54 Å². The van der Waals surface area contributed by atoms with Crippen LogP contribution in [0.15, 0.2) is 24.3 Å². The number of hydrogen-bond donors (Lipinski definition) is 1. The van der Waals surface area contributed by atoms with E-state index in [1.807, 2.05) is 31.2 Å². The van der Waals surface area contributed by atoms with Crippen molar-refractivity contribution in [2.24, 2.45) is 11.7 Å². The van der Waals surface area contributed by atoms with E-state index in [1.54, 1.807) is 4.90 Å². The van der Waals surface area contributed by atoms with Crippen LogP contribution in [0, 0.1) is 5.92 Å². The van der Waals surface area contributed by atoms with E-state index in [1.165, 1.54) is 0 Å². The maximum atomic E-state index is 12.3. The second kappa shape index (κ2) is 7.51. The van der Waals surface area contributed by atoms with Crippen molar-refractivity contribution < 1.29 is 4.79 Å². The molecule has 0 spiro atoms. The fraction of sp³-hybridized carbons (Fsp3) is 0.533. The third-order valence-corrected chi connectivity index (χ3v) is 3.42. The Hall–Kier alpha value is -1.06. The minimum absolute atomic E-state index is 0.00359. The highest BCUT2D eigenvalue weighted by Gasteiger charge is 2.21. The fourth-order valence-corrected chi connectivity index (χ4v) is 2.22. The standard InChI is InChI=1S/C15H23ClN2O/c1-4-18(15(19)14(17)9-11(2)3)10-12-7-5-6-8-13(12)16/h5-8,11,14H,4,9-10,17H2,1-3H3/t14-/m1/s1. The Balaban J connectivity index is 2.73. The fourth-order valence-electron chi connectivity index (χ4n) is 2.02. The number of halogens is 1. The lowest BCUT2D eigenvalue weighted by molar-refractivity contribution is -0.133. The highest BCUT2D eigenvalue weighted by molar-refractivity contribution is 6.31. The van der Waals surface area contributed by atoms with Crippen molar-refractivity contribution in [1.29, 1.82) is 0 Å². The summed E-state index contributed by atoms with van der Waals surface area (Å²) in [4.78, 5) is 14.0. The van der Waals surface area contributed by atoms with E-state index >= 15 is 0 Å². The third kappa shape index (κ3) is 4.84. The zero-order valence-corrected chi connectivity index (χ0v) is 12.7. The normalized spacial score (nSPS) is 12.5. The van der Waals surface area contributed by atoms with Crippen molar-refractivity contribution in [3.8, 4) is 0 Å². The highest BCUT2D eigenvalue weighted by Crippen LogP contribution is 2.17. The first kappa shape index (κ1) is 16.0. The molecule has 0 radical (unpaired) electrons. The Bertz CT molecular complexity index is 420. The molecular weight excluding hydrogens is 260 g/mol. The van der Waals surface area contributed by atoms with Gasteiger partial charge >= 0.3 is 0 Å². The van der Waals surface area contributed by atoms with E-state index in [0.29, 0.717) is 30.5 Å². The van der Waals surface area contributed by atoms with Crippen molar-refractivity contribution in [3.05, 3.63) is 34.9 Å². The van der Waals surface area contributed by atoms with Crippen molar-refractivity contribution in [1.82, 2.24) is 4.90 Å². The van der Waals surface area contributed by atoms with E-state index in [-0.39, 0.29) is 5.91 Å². The van der Waals surface area contributed by atoms with Gasteiger partial charge in [0.25, 0.3) is 0 Å². The number of rotatable bonds is 6. The van der Waals surface area contributed by atoms with E-state index in [2.05, 4.69) is 13.8 Å². The van der Waals surface area contributed by atoms with Crippen LogP contribution in [0.1, 0.15) is 32.8 Å². The van der Waals surface area contributed by atoms with Gasteiger partial charge in [0.05, 0.1) is 6.04 Å². The molecule has 0 bridgehead atoms. The molecule has 1 amide bonds. The van der Waals surface area contributed by atoms with Crippen molar-refractivity contribution >= 4 is 17.5 Å². The summed E-state index contributed by atoms with van der Waals surface area (Å²) in [5, 5.41) is 0.686. The van der Waals surface area contributed by atoms with Crippen LogP contribution in [0.5, 0.6) is 0 Å². The summed E-state index contributed by atoms with van der Waals surface area (Å²) in [5.74, 6) is 0.411. The van der Waals surface area contributed by atoms with E-state index in [9.17, 15) is 4.79 Å². The molecule has 0 aliphatic heterocycles. The lowest BCUT2D eigenvalue weighted by Crippen LogP contribution is -2.44. The Kier molecular flexibility index (Phi) is 6.32. The van der Waals surface area contributed by atoms with Gasteiger partial charge in [0.15, 0.2) is 0 Å². The highest BCUT2D eigenvalue weighted by atomic mass is 35.5. The Morgan fingerprint density at radius 3 is 2.53 bits per heavy atom. The summed E-state index contributed by atoms with van der Waals surface area (Å²) in [5.41, 5.74) is 6.92. The van der Waals surface area contributed by atoms with Crippen LogP contribution < -0.4 is 5.73 Å². The molecule has 106 valence electrons. The molecule has 1 atom stereocenters. The number of nitrogens with zero attached hydrogens (tertiary/aromatic N) is 1. The number of carbonyl (C=O) groups is 1. The van der Waals surface area contributed by atoms with Crippen LogP contribution in [0.2, 0.25) is 5.02 Å². The van der Waals surface area contributed by atoms with Gasteiger partial charge in [-0.25, -0.2) is 0 Å². The van der Waals surface area contributed by atoms with Crippen LogP contribution in [0.3, 0.4) is 0 Å². The van der Waals surface area contributed by atoms with Crippen LogP contribution in [0.4, 0.5) is 0 Å². The number of benzene rings is 1. The number of carbonyl (C=O) groups excluding carboxylic acids is 1. The Morgan fingerprint density at radius 2 is 2.00 bits per heavy atom. The van der Waals surface area contributed by atoms with Gasteiger partial charge in [-0.05, 0) is 30.9 Å². The summed E-state index contributed by atoms with van der Waals surface area (Å²) in [6.07, 6.45) is 0.706. The predicted molar refractivity (Wildman–Crippen MR) is 80.0 cm³/mol. The van der Waals surface area contributed by atoms with Gasteiger partial charge in [-0.2, -0.15) is 0 Å². The van der Waals surface area contributed by atoms with Crippen LogP contribution in [-0.2, 0) is 11.3 Å². The number of hydrogen-bond acceptors (Lipinski definition) is 2. The second-order valence-electron chi connectivity index (χ2n) is 5.18. The average Bonchev–Trinajstić information content (AvgIpc) is 2.36. The molecule has 0 aliphatic carbocycles. The van der Waals surface area contributed by atoms with Crippen LogP contribution >= 0.6 is 11.6 Å². The predicted octanol–water partition coefficient (Wildman–Crippen LogP) is 3.06. The Labute approximate surface area is 120 Å². The summed E-state index contributed by atoms with van der Waals surface area (Å²) in [6, 6.07) is 7.15. The molecule has 1 rings (SSSR count). The molecule has 0 aliphatic rings. The molecule has 0 unspecified atom stereocenters. The van der Waals surface area contributed by atoms with E-state index in [0.717, 1.165) is 5.56 Å². The third-order valence-electron chi connectivity index (χ3n) is 3.05. The molecule has 0 aromatic heterocycles. The van der Waals surface area contributed by atoms with Gasteiger partial charge < -0.3 is 10.6 Å². The first-order valence-corrected chi connectivity index (χ1v) is 7.11. The molecule has 4 heteroatoms. The zero-order valence-electron chi connectivity index (χ0n) is 11.9. The molecule has 0 saturated carbocycles. The largest absolute Gasteiger partial charge is 0.337 e. The van der Waals surface area contributed by atoms with Gasteiger partial charge in [0.1, 0.15) is 0 Å². The molecule has 1 aromatic carbocycles. The number of amides is 1. The molecular formula is C15H23ClN2O. The quantitative estimate of drug-likeness (QED) is 0.872. The van der Waals surface area contributed by atoms with Gasteiger partial charge in [0.2, 0.25) is 5.91 Å². The maximum Gasteiger partial charge on any atom is 0.239 e. The SMILES string of the molecule is CCN(Cc1ccccc1Cl)C(=O)[C@H](N)CC(C)C.